The van der Waals surface area contributed by atoms with E-state index in [1.54, 1.807) is 42.1 Å². The van der Waals surface area contributed by atoms with Crippen LogP contribution < -0.4 is 10.1 Å². The summed E-state index contributed by atoms with van der Waals surface area (Å²) < 4.78 is 5.38. The number of carbonyl (C=O) groups is 4. The molecule has 0 bridgehead atoms. The molecule has 0 aromatic heterocycles. The van der Waals surface area contributed by atoms with Gasteiger partial charge in [0, 0.05) is 23.5 Å². The SMILES string of the molecule is CSc1ccc(/C=C2/SC(=O)N(CCNC(=O)COc3ccc(C(C)=O)cc3)C2=O)cc1. The van der Waals surface area contributed by atoms with Crippen LogP contribution in [0.15, 0.2) is 58.3 Å². The Morgan fingerprint density at radius 3 is 2.41 bits per heavy atom. The molecule has 1 fully saturated rings. The van der Waals surface area contributed by atoms with Crippen molar-refractivity contribution in [3.63, 3.8) is 0 Å². The van der Waals surface area contributed by atoms with Crippen LogP contribution in [0.5, 0.6) is 5.75 Å². The molecule has 7 nitrogen and oxygen atoms in total. The van der Waals surface area contributed by atoms with Crippen LogP contribution in [0.25, 0.3) is 6.08 Å². The lowest BCUT2D eigenvalue weighted by Gasteiger charge is -2.13. The van der Waals surface area contributed by atoms with Gasteiger partial charge >= 0.3 is 0 Å². The van der Waals surface area contributed by atoms with Crippen molar-refractivity contribution in [2.45, 2.75) is 11.8 Å². The monoisotopic (exact) mass is 470 g/mol. The molecule has 0 radical (unpaired) electrons. The predicted octanol–water partition coefficient (Wildman–Crippen LogP) is 3.84. The first-order chi connectivity index (χ1) is 15.4. The van der Waals surface area contributed by atoms with E-state index in [2.05, 4.69) is 5.32 Å². The molecule has 1 heterocycles. The third-order valence-corrected chi connectivity index (χ3v) is 6.23. The smallest absolute Gasteiger partial charge is 0.293 e. The molecule has 2 aromatic rings. The molecule has 32 heavy (non-hydrogen) atoms. The Bertz CT molecular complexity index is 1050. The van der Waals surface area contributed by atoms with Crippen LogP contribution in [0.3, 0.4) is 0 Å². The van der Waals surface area contributed by atoms with E-state index >= 15 is 0 Å². The van der Waals surface area contributed by atoms with Crippen molar-refractivity contribution in [2.75, 3.05) is 26.0 Å². The Balaban J connectivity index is 1.46. The van der Waals surface area contributed by atoms with E-state index in [-0.39, 0.29) is 42.5 Å². The summed E-state index contributed by atoms with van der Waals surface area (Å²) in [7, 11) is 0. The zero-order valence-corrected chi connectivity index (χ0v) is 19.3. The molecule has 2 aromatic carbocycles. The van der Waals surface area contributed by atoms with Crippen LogP contribution >= 0.6 is 23.5 Å². The van der Waals surface area contributed by atoms with Gasteiger partial charge in [0.05, 0.1) is 4.91 Å². The highest BCUT2D eigenvalue weighted by Crippen LogP contribution is 2.32. The molecule has 166 valence electrons. The fourth-order valence-electron chi connectivity index (χ4n) is 2.84. The zero-order valence-electron chi connectivity index (χ0n) is 17.6. The average Bonchev–Trinajstić information content (AvgIpc) is 3.05. The van der Waals surface area contributed by atoms with Gasteiger partial charge in [-0.2, -0.15) is 0 Å². The summed E-state index contributed by atoms with van der Waals surface area (Å²) in [5.74, 6) is -0.334. The van der Waals surface area contributed by atoms with Crippen LogP contribution in [-0.2, 0) is 9.59 Å². The summed E-state index contributed by atoms with van der Waals surface area (Å²) >= 11 is 2.51. The second kappa shape index (κ2) is 11.0. The van der Waals surface area contributed by atoms with Crippen molar-refractivity contribution in [3.8, 4) is 5.75 Å². The molecule has 1 saturated heterocycles. The Hall–Kier alpha value is -3.04. The number of hydrogen-bond acceptors (Lipinski definition) is 7. The van der Waals surface area contributed by atoms with Gasteiger partial charge in [-0.1, -0.05) is 12.1 Å². The summed E-state index contributed by atoms with van der Waals surface area (Å²) in [6.07, 6.45) is 3.68. The van der Waals surface area contributed by atoms with Crippen molar-refractivity contribution < 1.29 is 23.9 Å². The van der Waals surface area contributed by atoms with E-state index < -0.39 is 0 Å². The quantitative estimate of drug-likeness (QED) is 0.338. The third-order valence-electron chi connectivity index (χ3n) is 4.58. The molecule has 3 amide bonds. The molecule has 9 heteroatoms. The van der Waals surface area contributed by atoms with Crippen molar-refractivity contribution in [3.05, 3.63) is 64.6 Å². The molecule has 0 atom stereocenters. The molecule has 3 rings (SSSR count). The largest absolute Gasteiger partial charge is 0.484 e. The topological polar surface area (TPSA) is 92.8 Å². The van der Waals surface area contributed by atoms with Crippen LogP contribution in [0.2, 0.25) is 0 Å². The second-order valence-corrected chi connectivity index (χ2v) is 8.70. The van der Waals surface area contributed by atoms with Gasteiger partial charge in [0.1, 0.15) is 5.75 Å². The van der Waals surface area contributed by atoms with Crippen molar-refractivity contribution >= 4 is 52.4 Å². The lowest BCUT2D eigenvalue weighted by Crippen LogP contribution is -2.38. The standard InChI is InChI=1S/C23H22N2O5S2/c1-15(26)17-5-7-18(8-6-17)30-14-21(27)24-11-12-25-22(28)20(32-23(25)29)13-16-3-9-19(31-2)10-4-16/h3-10,13H,11-12,14H2,1-2H3,(H,24,27)/b20-13+. The number of carbonyl (C=O) groups excluding carboxylic acids is 4. The Labute approximate surface area is 194 Å². The highest BCUT2D eigenvalue weighted by atomic mass is 32.2. The summed E-state index contributed by atoms with van der Waals surface area (Å²) in [6.45, 7) is 1.46. The molecule has 1 aliphatic rings. The highest BCUT2D eigenvalue weighted by Gasteiger charge is 2.34. The normalized spacial score (nSPS) is 14.7. The van der Waals surface area contributed by atoms with E-state index in [1.807, 2.05) is 30.5 Å². The fourth-order valence-corrected chi connectivity index (χ4v) is 4.11. The van der Waals surface area contributed by atoms with E-state index in [4.69, 9.17) is 4.74 Å². The van der Waals surface area contributed by atoms with Gasteiger partial charge in [-0.05, 0) is 73.0 Å². The van der Waals surface area contributed by atoms with E-state index in [1.165, 1.54) is 6.92 Å². The minimum Gasteiger partial charge on any atom is -0.484 e. The molecule has 0 spiro atoms. The molecular formula is C23H22N2O5S2. The summed E-state index contributed by atoms with van der Waals surface area (Å²) in [4.78, 5) is 50.6. The van der Waals surface area contributed by atoms with Gasteiger partial charge < -0.3 is 10.1 Å². The van der Waals surface area contributed by atoms with Crippen molar-refractivity contribution in [1.82, 2.24) is 10.2 Å². The highest BCUT2D eigenvalue weighted by molar-refractivity contribution is 8.18. The minimum absolute atomic E-state index is 0.0510. The summed E-state index contributed by atoms with van der Waals surface area (Å²) in [5, 5.41) is 2.27. The number of rotatable bonds is 9. The third kappa shape index (κ3) is 6.24. The van der Waals surface area contributed by atoms with Crippen LogP contribution in [0.1, 0.15) is 22.8 Å². The fraction of sp³-hybridized carbons (Fsp3) is 0.217. The maximum absolute atomic E-state index is 12.6. The van der Waals surface area contributed by atoms with E-state index in [0.717, 1.165) is 27.1 Å². The second-order valence-electron chi connectivity index (χ2n) is 6.83. The van der Waals surface area contributed by atoms with Gasteiger partial charge in [-0.25, -0.2) is 0 Å². The van der Waals surface area contributed by atoms with Crippen molar-refractivity contribution in [2.24, 2.45) is 0 Å². The Morgan fingerprint density at radius 2 is 1.78 bits per heavy atom. The maximum atomic E-state index is 12.6. The van der Waals surface area contributed by atoms with Crippen LogP contribution in [-0.4, -0.2) is 53.7 Å². The zero-order chi connectivity index (χ0) is 23.1. The van der Waals surface area contributed by atoms with E-state index in [0.29, 0.717) is 16.2 Å². The maximum Gasteiger partial charge on any atom is 0.293 e. The van der Waals surface area contributed by atoms with E-state index in [9.17, 15) is 19.2 Å². The van der Waals surface area contributed by atoms with Crippen LogP contribution in [0, 0.1) is 0 Å². The minimum atomic E-state index is -0.378. The lowest BCUT2D eigenvalue weighted by atomic mass is 10.1. The van der Waals surface area contributed by atoms with Gasteiger partial charge in [-0.15, -0.1) is 11.8 Å². The average molecular weight is 471 g/mol. The summed E-state index contributed by atoms with van der Waals surface area (Å²) in [5.41, 5.74) is 1.40. The number of Topliss-reactive ketones (excluding diaryl/α,β-unsaturated/α-hetero) is 1. The number of imide groups is 1. The molecule has 1 aliphatic heterocycles. The molecule has 0 unspecified atom stereocenters. The van der Waals surface area contributed by atoms with Gasteiger partial charge in [0.15, 0.2) is 12.4 Å². The Kier molecular flexibility index (Phi) is 8.13. The number of ketones is 1. The van der Waals surface area contributed by atoms with Gasteiger partial charge in [0.25, 0.3) is 17.1 Å². The first kappa shape index (κ1) is 23.6. The number of nitrogens with zero attached hydrogens (tertiary/aromatic N) is 1. The Morgan fingerprint density at radius 1 is 1.09 bits per heavy atom. The van der Waals surface area contributed by atoms with Crippen LogP contribution in [0.4, 0.5) is 4.79 Å². The number of thioether (sulfide) groups is 2. The molecule has 0 saturated carbocycles. The number of benzene rings is 2. The number of hydrogen-bond donors (Lipinski definition) is 1. The number of amides is 3. The number of nitrogens with one attached hydrogen (secondary N) is 1. The predicted molar refractivity (Wildman–Crippen MR) is 126 cm³/mol. The number of ether oxygens (including phenoxy) is 1. The first-order valence-corrected chi connectivity index (χ1v) is 11.8. The van der Waals surface area contributed by atoms with Crippen molar-refractivity contribution in [1.29, 1.82) is 0 Å². The summed E-state index contributed by atoms with van der Waals surface area (Å²) in [6, 6.07) is 14.2. The van der Waals surface area contributed by atoms with Gasteiger partial charge in [-0.3, -0.25) is 24.1 Å². The lowest BCUT2D eigenvalue weighted by molar-refractivity contribution is -0.125. The molecule has 1 N–H and O–H groups in total. The molecule has 0 aliphatic carbocycles. The first-order valence-electron chi connectivity index (χ1n) is 9.77. The molecular weight excluding hydrogens is 448 g/mol. The van der Waals surface area contributed by atoms with Gasteiger partial charge in [0.2, 0.25) is 0 Å².